The molecule has 0 saturated carbocycles. The number of fused-ring (bicyclic) bond motifs is 2. The van der Waals surface area contributed by atoms with Crippen LogP contribution >= 0.6 is 0 Å². The van der Waals surface area contributed by atoms with E-state index in [0.29, 0.717) is 0 Å². The molecule has 0 saturated heterocycles. The largest absolute Gasteiger partial charge is 0.454 e. The molecule has 1 aromatic heterocycles. The first-order chi connectivity index (χ1) is 6.93. The molecule has 0 radical (unpaired) electrons. The van der Waals surface area contributed by atoms with E-state index in [1.54, 1.807) is 0 Å². The molecule has 2 aromatic rings. The van der Waals surface area contributed by atoms with Crippen molar-refractivity contribution < 1.29 is 4.74 Å². The molecule has 2 nitrogen and oxygen atoms in total. The number of rotatable bonds is 0. The van der Waals surface area contributed by atoms with Crippen molar-refractivity contribution >= 4 is 12.2 Å². The molecule has 2 heterocycles. The highest BCUT2D eigenvalue weighted by atomic mass is 16.5. The molecule has 1 N–H and O–H groups in total. The van der Waals surface area contributed by atoms with Crippen LogP contribution < -0.4 is 4.74 Å². The van der Waals surface area contributed by atoms with Crippen LogP contribution in [0.4, 0.5) is 0 Å². The third-order valence-electron chi connectivity index (χ3n) is 2.31. The van der Waals surface area contributed by atoms with Crippen LogP contribution in [0.15, 0.2) is 36.5 Å². The summed E-state index contributed by atoms with van der Waals surface area (Å²) in [5, 5.41) is 0. The Morgan fingerprint density at radius 1 is 0.929 bits per heavy atom. The molecule has 0 bridgehead atoms. The summed E-state index contributed by atoms with van der Waals surface area (Å²) < 4.78 is 5.75. The minimum absolute atomic E-state index is 0.881. The highest BCUT2D eigenvalue weighted by Gasteiger charge is 2.09. The van der Waals surface area contributed by atoms with Gasteiger partial charge in [0.05, 0.1) is 5.69 Å². The molecule has 68 valence electrons. The van der Waals surface area contributed by atoms with Gasteiger partial charge in [-0.05, 0) is 24.3 Å². The highest BCUT2D eigenvalue weighted by Crippen LogP contribution is 2.32. The summed E-state index contributed by atoms with van der Waals surface area (Å²) in [6.45, 7) is 0. The Morgan fingerprint density at radius 3 is 2.86 bits per heavy atom. The maximum absolute atomic E-state index is 5.75. The van der Waals surface area contributed by atoms with Crippen LogP contribution in [-0.2, 0) is 0 Å². The quantitative estimate of drug-likeness (QED) is 0.568. The standard InChI is InChI=1S/C12H9NO/c1-2-4-11-9(3-1)5-6-10-12(14-11)7-8-13-10/h1-8,13H. The van der Waals surface area contributed by atoms with Crippen molar-refractivity contribution in [2.24, 2.45) is 0 Å². The van der Waals surface area contributed by atoms with Gasteiger partial charge < -0.3 is 9.72 Å². The van der Waals surface area contributed by atoms with Crippen LogP contribution in [0.3, 0.4) is 0 Å². The topological polar surface area (TPSA) is 25.0 Å². The maximum Gasteiger partial charge on any atom is 0.152 e. The van der Waals surface area contributed by atoms with E-state index < -0.39 is 0 Å². The van der Waals surface area contributed by atoms with Crippen LogP contribution in [0.25, 0.3) is 12.2 Å². The number of hydrogen-bond donors (Lipinski definition) is 1. The van der Waals surface area contributed by atoms with Gasteiger partial charge in [0, 0.05) is 11.8 Å². The molecular weight excluding hydrogens is 174 g/mol. The third-order valence-corrected chi connectivity index (χ3v) is 2.31. The van der Waals surface area contributed by atoms with Gasteiger partial charge in [-0.15, -0.1) is 0 Å². The Hall–Kier alpha value is -1.96. The van der Waals surface area contributed by atoms with E-state index in [9.17, 15) is 0 Å². The summed E-state index contributed by atoms with van der Waals surface area (Å²) in [6, 6.07) is 9.93. The van der Waals surface area contributed by atoms with E-state index in [1.807, 2.05) is 42.6 Å². The average Bonchev–Trinajstić information content (AvgIpc) is 2.58. The average molecular weight is 183 g/mol. The molecule has 0 unspecified atom stereocenters. The second-order valence-electron chi connectivity index (χ2n) is 3.23. The van der Waals surface area contributed by atoms with Crippen molar-refractivity contribution in [3.63, 3.8) is 0 Å². The van der Waals surface area contributed by atoms with Crippen LogP contribution in [0.5, 0.6) is 11.5 Å². The summed E-state index contributed by atoms with van der Waals surface area (Å²) in [5.74, 6) is 1.79. The Kier molecular flexibility index (Phi) is 1.47. The molecular formula is C12H9NO. The molecule has 0 atom stereocenters. The minimum Gasteiger partial charge on any atom is -0.454 e. The zero-order valence-electron chi connectivity index (χ0n) is 7.53. The van der Waals surface area contributed by atoms with Gasteiger partial charge in [0.25, 0.3) is 0 Å². The van der Waals surface area contributed by atoms with Crippen molar-refractivity contribution in [2.75, 3.05) is 0 Å². The van der Waals surface area contributed by atoms with E-state index >= 15 is 0 Å². The van der Waals surface area contributed by atoms with Crippen molar-refractivity contribution in [3.8, 4) is 11.5 Å². The second kappa shape index (κ2) is 2.77. The molecule has 0 spiro atoms. The molecule has 2 heteroatoms. The molecule has 1 aromatic carbocycles. The molecule has 1 aliphatic heterocycles. The summed E-state index contributed by atoms with van der Waals surface area (Å²) >= 11 is 0. The Morgan fingerprint density at radius 2 is 1.86 bits per heavy atom. The monoisotopic (exact) mass is 183 g/mol. The molecule has 0 aliphatic carbocycles. The van der Waals surface area contributed by atoms with E-state index in [4.69, 9.17) is 4.74 Å². The van der Waals surface area contributed by atoms with E-state index in [0.717, 1.165) is 22.8 Å². The normalized spacial score (nSPS) is 12.6. The fraction of sp³-hybridized carbons (Fsp3) is 0. The Bertz CT molecular complexity index is 497. The van der Waals surface area contributed by atoms with Crippen LogP contribution in [0.1, 0.15) is 11.3 Å². The molecule has 3 rings (SSSR count). The van der Waals surface area contributed by atoms with Crippen LogP contribution in [0.2, 0.25) is 0 Å². The third kappa shape index (κ3) is 1.04. The summed E-state index contributed by atoms with van der Waals surface area (Å²) in [5.41, 5.74) is 2.12. The van der Waals surface area contributed by atoms with Gasteiger partial charge in [-0.2, -0.15) is 0 Å². The van der Waals surface area contributed by atoms with Gasteiger partial charge in [-0.3, -0.25) is 0 Å². The van der Waals surface area contributed by atoms with Crippen molar-refractivity contribution in [1.29, 1.82) is 0 Å². The lowest BCUT2D eigenvalue weighted by atomic mass is 10.2. The van der Waals surface area contributed by atoms with Crippen molar-refractivity contribution in [2.45, 2.75) is 0 Å². The van der Waals surface area contributed by atoms with Crippen LogP contribution in [0, 0.1) is 0 Å². The zero-order valence-corrected chi connectivity index (χ0v) is 7.53. The number of nitrogens with one attached hydrogen (secondary N) is 1. The predicted octanol–water partition coefficient (Wildman–Crippen LogP) is 3.29. The van der Waals surface area contributed by atoms with Crippen molar-refractivity contribution in [1.82, 2.24) is 4.98 Å². The summed E-state index contributed by atoms with van der Waals surface area (Å²) in [7, 11) is 0. The molecule has 0 amide bonds. The Balaban J connectivity index is 2.19. The van der Waals surface area contributed by atoms with Gasteiger partial charge >= 0.3 is 0 Å². The SMILES string of the molecule is C1=Cc2[nH]ccc2Oc2ccccc21. The fourth-order valence-corrected chi connectivity index (χ4v) is 1.59. The number of para-hydroxylation sites is 1. The first-order valence-corrected chi connectivity index (χ1v) is 4.56. The number of ether oxygens (including phenoxy) is 1. The zero-order chi connectivity index (χ0) is 9.38. The number of H-pyrrole nitrogens is 1. The first-order valence-electron chi connectivity index (χ1n) is 4.56. The molecule has 14 heavy (non-hydrogen) atoms. The van der Waals surface area contributed by atoms with E-state index in [2.05, 4.69) is 11.1 Å². The summed E-state index contributed by atoms with van der Waals surface area (Å²) in [6.07, 6.45) is 5.96. The lowest BCUT2D eigenvalue weighted by Crippen LogP contribution is -1.84. The first kappa shape index (κ1) is 7.44. The maximum atomic E-state index is 5.75. The number of benzene rings is 1. The lowest BCUT2D eigenvalue weighted by Gasteiger charge is -2.04. The van der Waals surface area contributed by atoms with Crippen molar-refractivity contribution in [3.05, 3.63) is 47.8 Å². The number of aromatic amines is 1. The van der Waals surface area contributed by atoms with Gasteiger partial charge in [-0.25, -0.2) is 0 Å². The predicted molar refractivity (Wildman–Crippen MR) is 56.2 cm³/mol. The van der Waals surface area contributed by atoms with Gasteiger partial charge in [0.2, 0.25) is 0 Å². The van der Waals surface area contributed by atoms with Gasteiger partial charge in [0.1, 0.15) is 5.75 Å². The molecule has 0 fully saturated rings. The van der Waals surface area contributed by atoms with Gasteiger partial charge in [-0.1, -0.05) is 18.2 Å². The smallest absolute Gasteiger partial charge is 0.152 e. The fourth-order valence-electron chi connectivity index (χ4n) is 1.59. The highest BCUT2D eigenvalue weighted by molar-refractivity contribution is 5.76. The number of hydrogen-bond acceptors (Lipinski definition) is 1. The van der Waals surface area contributed by atoms with E-state index in [-0.39, 0.29) is 0 Å². The second-order valence-corrected chi connectivity index (χ2v) is 3.23. The minimum atomic E-state index is 0.881. The van der Waals surface area contributed by atoms with E-state index in [1.165, 1.54) is 0 Å². The number of aromatic nitrogens is 1. The van der Waals surface area contributed by atoms with Gasteiger partial charge in [0.15, 0.2) is 5.75 Å². The molecule has 1 aliphatic rings. The van der Waals surface area contributed by atoms with Crippen LogP contribution in [-0.4, -0.2) is 4.98 Å². The lowest BCUT2D eigenvalue weighted by molar-refractivity contribution is 0.482. The summed E-state index contributed by atoms with van der Waals surface area (Å²) in [4.78, 5) is 3.12. The Labute approximate surface area is 81.8 Å².